The Bertz CT molecular complexity index is 662. The number of nitriles is 1. The van der Waals surface area contributed by atoms with Crippen LogP contribution in [0.2, 0.25) is 15.1 Å². The molecule has 2 rings (SSSR count). The van der Waals surface area contributed by atoms with Gasteiger partial charge < -0.3 is 5.73 Å². The normalized spacial score (nSPS) is 10.1. The van der Waals surface area contributed by atoms with Gasteiger partial charge in [0.05, 0.1) is 21.4 Å². The monoisotopic (exact) mass is 297 g/mol. The molecule has 3 nitrogen and oxygen atoms in total. The Hall–Kier alpha value is -1.47. The third kappa shape index (κ3) is 2.37. The van der Waals surface area contributed by atoms with Crippen LogP contribution in [0.15, 0.2) is 24.3 Å². The quantitative estimate of drug-likeness (QED) is 0.804. The summed E-state index contributed by atoms with van der Waals surface area (Å²) in [5.74, 6) is 0. The molecule has 1 heterocycles. The lowest BCUT2D eigenvalue weighted by Crippen LogP contribution is -1.95. The Morgan fingerprint density at radius 2 is 1.89 bits per heavy atom. The Balaban J connectivity index is 2.66. The molecule has 0 saturated carbocycles. The molecule has 0 aliphatic rings. The zero-order chi connectivity index (χ0) is 13.3. The van der Waals surface area contributed by atoms with Crippen molar-refractivity contribution in [2.45, 2.75) is 0 Å². The number of hydrogen-bond acceptors (Lipinski definition) is 3. The SMILES string of the molecule is N#Cc1nc(-c2cc(Cl)cc(Cl)c2Cl)ccc1N. The van der Waals surface area contributed by atoms with Crippen molar-refractivity contribution in [2.24, 2.45) is 0 Å². The lowest BCUT2D eigenvalue weighted by molar-refractivity contribution is 1.27. The molecule has 0 aliphatic carbocycles. The first-order valence-corrected chi connectivity index (χ1v) is 5.98. The summed E-state index contributed by atoms with van der Waals surface area (Å²) in [6.45, 7) is 0. The van der Waals surface area contributed by atoms with Crippen molar-refractivity contribution in [1.29, 1.82) is 5.26 Å². The zero-order valence-electron chi connectivity index (χ0n) is 8.92. The van der Waals surface area contributed by atoms with Crippen molar-refractivity contribution in [3.8, 4) is 17.3 Å². The fourth-order valence-corrected chi connectivity index (χ4v) is 2.15. The summed E-state index contributed by atoms with van der Waals surface area (Å²) in [6, 6.07) is 8.33. The van der Waals surface area contributed by atoms with E-state index in [0.717, 1.165) is 0 Å². The van der Waals surface area contributed by atoms with Gasteiger partial charge in [-0.05, 0) is 24.3 Å². The molecule has 0 unspecified atom stereocenters. The molecular formula is C12H6Cl3N3. The van der Waals surface area contributed by atoms with Crippen LogP contribution < -0.4 is 5.73 Å². The number of rotatable bonds is 1. The number of aromatic nitrogens is 1. The zero-order valence-corrected chi connectivity index (χ0v) is 11.2. The molecule has 90 valence electrons. The summed E-state index contributed by atoms with van der Waals surface area (Å²) in [5.41, 5.74) is 7.11. The summed E-state index contributed by atoms with van der Waals surface area (Å²) in [5, 5.41) is 10.00. The number of nitrogens with two attached hydrogens (primary N) is 1. The van der Waals surface area contributed by atoms with Gasteiger partial charge in [-0.3, -0.25) is 0 Å². The van der Waals surface area contributed by atoms with Crippen LogP contribution in [0.3, 0.4) is 0 Å². The summed E-state index contributed by atoms with van der Waals surface area (Å²) >= 11 is 17.9. The molecule has 1 aromatic carbocycles. The van der Waals surface area contributed by atoms with E-state index in [9.17, 15) is 0 Å². The Morgan fingerprint density at radius 3 is 2.56 bits per heavy atom. The van der Waals surface area contributed by atoms with E-state index in [1.165, 1.54) is 6.07 Å². The average Bonchev–Trinajstić information content (AvgIpc) is 2.34. The van der Waals surface area contributed by atoms with Gasteiger partial charge in [-0.15, -0.1) is 0 Å². The van der Waals surface area contributed by atoms with E-state index in [4.69, 9.17) is 45.8 Å². The smallest absolute Gasteiger partial charge is 0.164 e. The van der Waals surface area contributed by atoms with Gasteiger partial charge in [0.25, 0.3) is 0 Å². The Morgan fingerprint density at radius 1 is 1.17 bits per heavy atom. The molecule has 0 bridgehead atoms. The molecule has 1 aromatic heterocycles. The number of benzene rings is 1. The van der Waals surface area contributed by atoms with Gasteiger partial charge >= 0.3 is 0 Å². The maximum Gasteiger partial charge on any atom is 0.164 e. The molecule has 2 N–H and O–H groups in total. The predicted molar refractivity (Wildman–Crippen MR) is 73.8 cm³/mol. The highest BCUT2D eigenvalue weighted by atomic mass is 35.5. The maximum absolute atomic E-state index is 8.89. The minimum absolute atomic E-state index is 0.139. The van der Waals surface area contributed by atoms with E-state index in [1.807, 2.05) is 6.07 Å². The van der Waals surface area contributed by atoms with Crippen LogP contribution in [-0.4, -0.2) is 4.98 Å². The Kier molecular flexibility index (Phi) is 3.63. The maximum atomic E-state index is 8.89. The van der Waals surface area contributed by atoms with Gasteiger partial charge in [0.1, 0.15) is 6.07 Å². The number of halogens is 3. The van der Waals surface area contributed by atoms with Gasteiger partial charge in [0.2, 0.25) is 0 Å². The van der Waals surface area contributed by atoms with E-state index >= 15 is 0 Å². The molecule has 0 amide bonds. The van der Waals surface area contributed by atoms with Crippen LogP contribution in [0.25, 0.3) is 11.3 Å². The van der Waals surface area contributed by atoms with Crippen molar-refractivity contribution in [1.82, 2.24) is 4.98 Å². The molecule has 2 aromatic rings. The van der Waals surface area contributed by atoms with E-state index in [0.29, 0.717) is 32.0 Å². The summed E-state index contributed by atoms with van der Waals surface area (Å²) in [4.78, 5) is 4.12. The molecular weight excluding hydrogens is 293 g/mol. The number of nitrogen functional groups attached to an aromatic ring is 1. The molecule has 18 heavy (non-hydrogen) atoms. The Labute approximate surface area is 119 Å². The van der Waals surface area contributed by atoms with Crippen molar-refractivity contribution in [2.75, 3.05) is 5.73 Å². The fourth-order valence-electron chi connectivity index (χ4n) is 1.45. The molecule has 0 radical (unpaired) electrons. The second-order valence-corrected chi connectivity index (χ2v) is 4.72. The van der Waals surface area contributed by atoms with Crippen LogP contribution in [0, 0.1) is 11.3 Å². The van der Waals surface area contributed by atoms with Crippen molar-refractivity contribution < 1.29 is 0 Å². The topological polar surface area (TPSA) is 62.7 Å². The molecule has 0 saturated heterocycles. The van der Waals surface area contributed by atoms with Crippen molar-refractivity contribution in [3.05, 3.63) is 45.0 Å². The van der Waals surface area contributed by atoms with Crippen molar-refractivity contribution >= 4 is 40.5 Å². The summed E-state index contributed by atoms with van der Waals surface area (Å²) in [7, 11) is 0. The standard InChI is InChI=1S/C12H6Cl3N3/c13-6-3-7(12(15)8(14)4-6)10-2-1-9(17)11(5-16)18-10/h1-4H,17H2. The van der Waals surface area contributed by atoms with Crippen LogP contribution in [0.4, 0.5) is 5.69 Å². The van der Waals surface area contributed by atoms with Crippen LogP contribution in [0.1, 0.15) is 5.69 Å². The van der Waals surface area contributed by atoms with Crippen LogP contribution in [-0.2, 0) is 0 Å². The van der Waals surface area contributed by atoms with Crippen molar-refractivity contribution in [3.63, 3.8) is 0 Å². The first-order valence-electron chi connectivity index (χ1n) is 4.84. The highest BCUT2D eigenvalue weighted by molar-refractivity contribution is 6.45. The minimum Gasteiger partial charge on any atom is -0.396 e. The van der Waals surface area contributed by atoms with Gasteiger partial charge in [-0.25, -0.2) is 4.98 Å². The first kappa shape index (κ1) is 13.0. The predicted octanol–water partition coefficient (Wildman–Crippen LogP) is 4.16. The highest BCUT2D eigenvalue weighted by Crippen LogP contribution is 2.36. The van der Waals surface area contributed by atoms with Gasteiger partial charge in [-0.2, -0.15) is 5.26 Å². The van der Waals surface area contributed by atoms with Gasteiger partial charge in [0.15, 0.2) is 5.69 Å². The lowest BCUT2D eigenvalue weighted by Gasteiger charge is -2.07. The molecule has 0 atom stereocenters. The van der Waals surface area contributed by atoms with E-state index in [2.05, 4.69) is 4.98 Å². The molecule has 6 heteroatoms. The van der Waals surface area contributed by atoms with E-state index < -0.39 is 0 Å². The third-order valence-corrected chi connectivity index (χ3v) is 3.32. The molecule has 0 fully saturated rings. The minimum atomic E-state index is 0.139. The number of pyridine rings is 1. The van der Waals surface area contributed by atoms with Gasteiger partial charge in [-0.1, -0.05) is 34.8 Å². The number of nitrogens with zero attached hydrogens (tertiary/aromatic N) is 2. The number of hydrogen-bond donors (Lipinski definition) is 1. The summed E-state index contributed by atoms with van der Waals surface area (Å²) in [6.07, 6.45) is 0. The summed E-state index contributed by atoms with van der Waals surface area (Å²) < 4.78 is 0. The largest absolute Gasteiger partial charge is 0.396 e. The average molecular weight is 299 g/mol. The second kappa shape index (κ2) is 5.03. The molecule has 0 spiro atoms. The van der Waals surface area contributed by atoms with Gasteiger partial charge in [0, 0.05) is 10.6 Å². The fraction of sp³-hybridized carbons (Fsp3) is 0. The van der Waals surface area contributed by atoms with Crippen LogP contribution >= 0.6 is 34.8 Å². The molecule has 0 aliphatic heterocycles. The number of anilines is 1. The van der Waals surface area contributed by atoms with E-state index in [1.54, 1.807) is 18.2 Å². The third-order valence-electron chi connectivity index (χ3n) is 2.30. The first-order chi connectivity index (χ1) is 8.52. The van der Waals surface area contributed by atoms with Crippen LogP contribution in [0.5, 0.6) is 0 Å². The van der Waals surface area contributed by atoms with E-state index in [-0.39, 0.29) is 5.69 Å². The highest BCUT2D eigenvalue weighted by Gasteiger charge is 2.12. The second-order valence-electron chi connectivity index (χ2n) is 3.50. The lowest BCUT2D eigenvalue weighted by atomic mass is 10.1.